The summed E-state index contributed by atoms with van der Waals surface area (Å²) in [7, 11) is -4.97. The smallest absolute Gasteiger partial charge is 0.748 e. The zero-order valence-corrected chi connectivity index (χ0v) is 52.0. The summed E-state index contributed by atoms with van der Waals surface area (Å²) in [5.74, 6) is 4.65. The number of aliphatic imine (C=N–C) groups is 1. The number of aliphatic hydroxyl groups excluding tert-OH is 2. The number of hydrogen-bond donors (Lipinski definition) is 7. The molecule has 13 unspecified atom stereocenters. The third-order valence-electron chi connectivity index (χ3n) is 20.1. The van der Waals surface area contributed by atoms with E-state index >= 15 is 0 Å². The fourth-order valence-electron chi connectivity index (χ4n) is 15.9. The number of rotatable bonds is 12. The maximum absolute atomic E-state index is 14.4. The molecular weight excluding hydrogens is 1110 g/mol. The normalized spacial score (nSPS) is 28.8. The molecule has 9 N–H and O–H groups in total. The molecule has 0 spiro atoms. The van der Waals surface area contributed by atoms with Gasteiger partial charge >= 0.3 is 29.6 Å². The number of benzene rings is 6. The molecule has 2 fully saturated rings. The second-order valence-electron chi connectivity index (χ2n) is 25.6. The fraction of sp³-hybridized carbons (Fsp3) is 0.423. The first-order valence-electron chi connectivity index (χ1n) is 30.5. The second-order valence-corrected chi connectivity index (χ2v) is 27.2. The van der Waals surface area contributed by atoms with Crippen LogP contribution in [0.5, 0.6) is 17.2 Å². The SMILES string of the molecule is CC1CCc2cc3ccc2C1CC(S(=O)(=O)[O-])C1C=C2CC(CC4CC(CO)CC#Cc5cc(O)ccc5C2O4)C1c1ccc(cc1)C(CC(Cc1ccccc1)C1(O)CCCC(c2ccc(CO)c(Cc4cccc(O)c4)c2)C1)(N=C(N)N)O3.[Na+]. The van der Waals surface area contributed by atoms with Crippen LogP contribution in [0.15, 0.2) is 150 Å². The van der Waals surface area contributed by atoms with Crippen LogP contribution in [0.2, 0.25) is 0 Å². The van der Waals surface area contributed by atoms with Gasteiger partial charge in [-0.25, -0.2) is 13.4 Å². The fourth-order valence-corrected chi connectivity index (χ4v) is 17.0. The van der Waals surface area contributed by atoms with Gasteiger partial charge in [-0.1, -0.05) is 122 Å². The number of aryl methyl sites for hydroxylation is 1. The first kappa shape index (κ1) is 61.7. The minimum atomic E-state index is -4.97. The van der Waals surface area contributed by atoms with Crippen molar-refractivity contribution in [3.05, 3.63) is 206 Å². The van der Waals surface area contributed by atoms with Crippen LogP contribution in [0.25, 0.3) is 0 Å². The van der Waals surface area contributed by atoms with E-state index in [-0.39, 0.29) is 109 Å². The molecule has 0 amide bonds. The van der Waals surface area contributed by atoms with Crippen molar-refractivity contribution in [1.82, 2.24) is 0 Å². The Morgan fingerprint density at radius 1 is 0.837 bits per heavy atom. The molecule has 0 radical (unpaired) electrons. The Balaban J connectivity index is 0.00000768. The first-order chi connectivity index (χ1) is 40.9. The number of nitrogens with zero attached hydrogens (tertiary/aromatic N) is 1. The van der Waals surface area contributed by atoms with Gasteiger partial charge < -0.3 is 51.0 Å². The van der Waals surface area contributed by atoms with Crippen LogP contribution >= 0.6 is 0 Å². The monoisotopic (exact) mass is 1190 g/mol. The zero-order chi connectivity index (χ0) is 59.2. The predicted molar refractivity (Wildman–Crippen MR) is 326 cm³/mol. The van der Waals surface area contributed by atoms with Crippen LogP contribution in [0.3, 0.4) is 0 Å². The molecule has 1 saturated carbocycles. The van der Waals surface area contributed by atoms with E-state index in [1.807, 2.05) is 91.0 Å². The number of hydrogen-bond acceptors (Lipinski definition) is 11. The Bertz CT molecular complexity index is 3680. The quantitative estimate of drug-likeness (QED) is 0.0154. The van der Waals surface area contributed by atoms with Gasteiger partial charge in [-0.2, -0.15) is 0 Å². The molecule has 13 atom stereocenters. The van der Waals surface area contributed by atoms with Crippen LogP contribution < -0.4 is 45.8 Å². The van der Waals surface area contributed by atoms with Crippen LogP contribution in [0.1, 0.15) is 163 Å². The van der Waals surface area contributed by atoms with E-state index in [0.717, 1.165) is 74.9 Å². The average Bonchev–Trinajstić information content (AvgIpc) is 2.45. The van der Waals surface area contributed by atoms with Crippen molar-refractivity contribution in [3.8, 4) is 29.1 Å². The molecule has 0 aromatic heterocycles. The van der Waals surface area contributed by atoms with Crippen molar-refractivity contribution >= 4 is 16.1 Å². The Kier molecular flexibility index (Phi) is 18.4. The molecule has 15 heteroatoms. The van der Waals surface area contributed by atoms with Gasteiger partial charge in [0.05, 0.1) is 33.7 Å². The summed E-state index contributed by atoms with van der Waals surface area (Å²) in [6.07, 6.45) is 8.24. The summed E-state index contributed by atoms with van der Waals surface area (Å²) < 4.78 is 57.8. The molecule has 86 heavy (non-hydrogen) atoms. The molecular formula is C71H78N3NaO10S. The largest absolute Gasteiger partial charge is 1.00 e. The van der Waals surface area contributed by atoms with Crippen molar-refractivity contribution < 1.29 is 77.5 Å². The van der Waals surface area contributed by atoms with Crippen molar-refractivity contribution in [3.63, 3.8) is 0 Å². The predicted octanol–water partition coefficient (Wildman–Crippen LogP) is 7.94. The number of phenolic OH excluding ortho intramolecular Hbond substituents is 2. The maximum atomic E-state index is 14.4. The van der Waals surface area contributed by atoms with Gasteiger partial charge in [0.2, 0.25) is 5.72 Å². The van der Waals surface area contributed by atoms with E-state index in [2.05, 4.69) is 43.0 Å². The average molecular weight is 1190 g/mol. The topological polar surface area (TPSA) is 241 Å². The van der Waals surface area contributed by atoms with Gasteiger partial charge in [0.1, 0.15) is 23.4 Å². The van der Waals surface area contributed by atoms with Crippen LogP contribution in [-0.4, -0.2) is 68.0 Å². The number of fused-ring (bicyclic) bond motifs is 9. The van der Waals surface area contributed by atoms with E-state index in [4.69, 9.17) is 25.9 Å². The van der Waals surface area contributed by atoms with Gasteiger partial charge in [-0.05, 0) is 211 Å². The Morgan fingerprint density at radius 2 is 1.60 bits per heavy atom. The Hall–Kier alpha value is -5.96. The van der Waals surface area contributed by atoms with E-state index in [1.54, 1.807) is 24.3 Å². The third-order valence-corrected chi connectivity index (χ3v) is 21.3. The molecule has 6 aromatic carbocycles. The minimum Gasteiger partial charge on any atom is -0.748 e. The number of aromatic hydroxyl groups is 2. The summed E-state index contributed by atoms with van der Waals surface area (Å²) >= 11 is 0. The standard InChI is InChI=1S/C71H79N3O10S.Na/c1-43-15-16-50-35-60-24-26-62(50)64(43)38-66(85(80,81)82)65-37-55-33-54(36-61-31-46(41-75)11-5-12-49-34-59(78)23-25-63(49)68(55)83-61)67(65)47-19-21-56(22-20-47)71(84-60,74-69(72)73)40-57(29-44-8-3-2-4-9-44)70(79)27-7-13-51(39-70)48-17-18-52(42-76)53(32-48)28-45-10-6-14-58(77)30-45;/h2-4,6,8-10,14,17-26,30,32,34-35,37,43,46,51,54,57,61,64-68,75-79H,7,11,13,15-16,27-29,31,33,36,38-42H2,1H3,(H4,72,73,74)(H,80,81,82);/q;+1/p-1. The Labute approximate surface area is 528 Å². The van der Waals surface area contributed by atoms with Crippen molar-refractivity contribution in [2.45, 2.75) is 150 Å². The summed E-state index contributed by atoms with van der Waals surface area (Å²) in [5.41, 5.74) is 20.8. The van der Waals surface area contributed by atoms with E-state index in [1.165, 1.54) is 0 Å². The molecule has 8 aliphatic rings. The molecule has 10 bridgehead atoms. The molecule has 1 saturated heterocycles. The molecule has 3 aliphatic carbocycles. The molecule has 14 rings (SSSR count). The second kappa shape index (κ2) is 25.6. The molecule has 13 nitrogen and oxygen atoms in total. The summed E-state index contributed by atoms with van der Waals surface area (Å²) in [4.78, 5) is 5.16. The number of aliphatic hydroxyl groups is 3. The molecule has 444 valence electrons. The number of phenols is 2. The van der Waals surface area contributed by atoms with Crippen molar-refractivity contribution in [1.29, 1.82) is 0 Å². The van der Waals surface area contributed by atoms with Gasteiger partial charge in [-0.15, -0.1) is 0 Å². The number of nitrogens with two attached hydrogens (primary N) is 2. The van der Waals surface area contributed by atoms with E-state index < -0.39 is 50.6 Å². The van der Waals surface area contributed by atoms with Crippen molar-refractivity contribution in [2.24, 2.45) is 46.0 Å². The van der Waals surface area contributed by atoms with Crippen molar-refractivity contribution in [2.75, 3.05) is 6.61 Å². The zero-order valence-electron chi connectivity index (χ0n) is 49.2. The molecule has 6 aromatic rings. The number of guanidine groups is 1. The molecule has 5 aliphatic heterocycles. The first-order valence-corrected chi connectivity index (χ1v) is 31.9. The molecule has 5 heterocycles. The van der Waals surface area contributed by atoms with Gasteiger partial charge in [0.15, 0.2) is 5.96 Å². The van der Waals surface area contributed by atoms with Crippen LogP contribution in [-0.2, 0) is 46.4 Å². The maximum Gasteiger partial charge on any atom is 1.00 e. The minimum absolute atomic E-state index is 0. The van der Waals surface area contributed by atoms with E-state index in [0.29, 0.717) is 74.7 Å². The number of ether oxygens (including phenoxy) is 2. The number of allylic oxidation sites excluding steroid dienone is 1. The van der Waals surface area contributed by atoms with Gasteiger partial charge in [0, 0.05) is 36.1 Å². The van der Waals surface area contributed by atoms with Crippen LogP contribution in [0.4, 0.5) is 0 Å². The Morgan fingerprint density at radius 3 is 2.36 bits per heavy atom. The summed E-state index contributed by atoms with van der Waals surface area (Å²) in [5, 5.41) is 54.7. The van der Waals surface area contributed by atoms with Gasteiger partial charge in [-0.3, -0.25) is 0 Å². The van der Waals surface area contributed by atoms with E-state index in [9.17, 15) is 38.5 Å². The third kappa shape index (κ3) is 13.0. The summed E-state index contributed by atoms with van der Waals surface area (Å²) in [6, 6.07) is 42.5. The van der Waals surface area contributed by atoms with Gasteiger partial charge in [0.25, 0.3) is 0 Å². The summed E-state index contributed by atoms with van der Waals surface area (Å²) in [6.45, 7) is 1.91. The van der Waals surface area contributed by atoms with Crippen LogP contribution in [0, 0.1) is 41.4 Å².